The first kappa shape index (κ1) is 27.6. The van der Waals surface area contributed by atoms with Crippen LogP contribution >= 0.6 is 0 Å². The summed E-state index contributed by atoms with van der Waals surface area (Å²) in [5.41, 5.74) is 0.745. The Bertz CT molecular complexity index is 829. The number of aliphatic hydroxyl groups is 1. The molecule has 33 heavy (non-hydrogen) atoms. The minimum absolute atomic E-state index is 0.102. The van der Waals surface area contributed by atoms with Crippen LogP contribution < -0.4 is 21.3 Å². The van der Waals surface area contributed by atoms with E-state index < -0.39 is 54.3 Å². The summed E-state index contributed by atoms with van der Waals surface area (Å²) >= 11 is 0. The summed E-state index contributed by atoms with van der Waals surface area (Å²) in [7, 11) is 1.19. The van der Waals surface area contributed by atoms with Crippen LogP contribution in [0.1, 0.15) is 26.3 Å². The second-order valence-corrected chi connectivity index (χ2v) is 7.71. The number of carbonyl (C=O) groups excluding carboxylic acids is 5. The topological polar surface area (TPSA) is 163 Å². The fraction of sp³-hybridized carbons (Fsp3) is 0.500. The number of methoxy groups -OCH3 is 1. The number of hydrogen-bond donors (Lipinski definition) is 5. The van der Waals surface area contributed by atoms with Gasteiger partial charge in [-0.1, -0.05) is 44.2 Å². The van der Waals surface area contributed by atoms with Crippen molar-refractivity contribution in [1.29, 1.82) is 0 Å². The number of benzene rings is 1. The third-order valence-electron chi connectivity index (χ3n) is 4.67. The highest BCUT2D eigenvalue weighted by molar-refractivity contribution is 5.94. The lowest BCUT2D eigenvalue weighted by molar-refractivity contribution is -0.141. The van der Waals surface area contributed by atoms with Crippen molar-refractivity contribution in [2.24, 2.45) is 5.92 Å². The van der Waals surface area contributed by atoms with Gasteiger partial charge < -0.3 is 31.1 Å². The minimum Gasteiger partial charge on any atom is -0.468 e. The molecule has 11 nitrogen and oxygen atoms in total. The highest BCUT2D eigenvalue weighted by Gasteiger charge is 2.30. The molecule has 1 aromatic carbocycles. The molecule has 0 radical (unpaired) electrons. The van der Waals surface area contributed by atoms with Crippen LogP contribution in [0.4, 0.5) is 0 Å². The van der Waals surface area contributed by atoms with Crippen LogP contribution in [0.2, 0.25) is 0 Å². The predicted molar refractivity (Wildman–Crippen MR) is 119 cm³/mol. The molecule has 4 amide bonds. The third kappa shape index (κ3) is 9.69. The molecule has 0 bridgehead atoms. The number of amides is 4. The van der Waals surface area contributed by atoms with E-state index in [4.69, 9.17) is 0 Å². The molecule has 0 fully saturated rings. The van der Waals surface area contributed by atoms with E-state index in [2.05, 4.69) is 26.0 Å². The van der Waals surface area contributed by atoms with Gasteiger partial charge in [0.1, 0.15) is 24.7 Å². The van der Waals surface area contributed by atoms with Crippen molar-refractivity contribution in [3.63, 3.8) is 0 Å². The van der Waals surface area contributed by atoms with Gasteiger partial charge in [-0.2, -0.15) is 0 Å². The highest BCUT2D eigenvalue weighted by atomic mass is 16.5. The number of hydrogen-bond acceptors (Lipinski definition) is 7. The van der Waals surface area contributed by atoms with Gasteiger partial charge in [-0.25, -0.2) is 0 Å². The molecular weight excluding hydrogens is 432 g/mol. The van der Waals surface area contributed by atoms with Crippen molar-refractivity contribution < 1.29 is 33.8 Å². The van der Waals surface area contributed by atoms with Gasteiger partial charge >= 0.3 is 5.97 Å². The minimum atomic E-state index is -1.24. The van der Waals surface area contributed by atoms with Gasteiger partial charge in [-0.15, -0.1) is 0 Å². The molecule has 0 spiro atoms. The first-order chi connectivity index (χ1) is 15.6. The monoisotopic (exact) mass is 464 g/mol. The van der Waals surface area contributed by atoms with Crippen LogP contribution in [0.3, 0.4) is 0 Å². The van der Waals surface area contributed by atoms with Gasteiger partial charge in [0.05, 0.1) is 13.7 Å². The molecule has 5 N–H and O–H groups in total. The zero-order chi connectivity index (χ0) is 25.0. The molecule has 0 saturated heterocycles. The number of ether oxygens (including phenoxy) is 1. The average molecular weight is 465 g/mol. The fourth-order valence-corrected chi connectivity index (χ4v) is 2.90. The van der Waals surface area contributed by atoms with Crippen LogP contribution in [0.5, 0.6) is 0 Å². The lowest BCUT2D eigenvalue weighted by Gasteiger charge is -2.26. The normalized spacial score (nSPS) is 13.3. The Kier molecular flexibility index (Phi) is 11.6. The number of aliphatic hydroxyl groups excluding tert-OH is 1. The quantitative estimate of drug-likeness (QED) is 0.239. The highest BCUT2D eigenvalue weighted by Crippen LogP contribution is 2.07. The molecule has 182 valence electrons. The lowest BCUT2D eigenvalue weighted by Crippen LogP contribution is -2.59. The van der Waals surface area contributed by atoms with E-state index in [9.17, 15) is 29.1 Å². The van der Waals surface area contributed by atoms with Gasteiger partial charge in [-0.05, 0) is 11.5 Å². The molecule has 11 heteroatoms. The number of esters is 1. The second-order valence-electron chi connectivity index (χ2n) is 7.71. The molecule has 0 heterocycles. The van der Waals surface area contributed by atoms with E-state index in [1.165, 1.54) is 14.0 Å². The average Bonchev–Trinajstić information content (AvgIpc) is 2.78. The Morgan fingerprint density at radius 1 is 0.909 bits per heavy atom. The van der Waals surface area contributed by atoms with Gasteiger partial charge in [0.2, 0.25) is 23.6 Å². The Labute approximate surface area is 192 Å². The van der Waals surface area contributed by atoms with E-state index >= 15 is 0 Å². The van der Waals surface area contributed by atoms with Crippen LogP contribution in [0.25, 0.3) is 0 Å². The fourth-order valence-electron chi connectivity index (χ4n) is 2.90. The molecule has 0 aromatic heterocycles. The second kappa shape index (κ2) is 13.8. The molecule has 1 aromatic rings. The summed E-state index contributed by atoms with van der Waals surface area (Å²) in [5.74, 6) is -3.46. The van der Waals surface area contributed by atoms with Crippen molar-refractivity contribution in [3.8, 4) is 0 Å². The molecule has 0 saturated carbocycles. The van der Waals surface area contributed by atoms with E-state index in [1.54, 1.807) is 44.2 Å². The zero-order valence-electron chi connectivity index (χ0n) is 19.2. The van der Waals surface area contributed by atoms with E-state index in [1.807, 2.05) is 0 Å². The largest absolute Gasteiger partial charge is 0.468 e. The Hall–Kier alpha value is -3.47. The van der Waals surface area contributed by atoms with Gasteiger partial charge in [-0.3, -0.25) is 24.0 Å². The number of carbonyl (C=O) groups is 5. The van der Waals surface area contributed by atoms with Crippen molar-refractivity contribution in [2.45, 2.75) is 45.3 Å². The Morgan fingerprint density at radius 2 is 1.52 bits per heavy atom. The van der Waals surface area contributed by atoms with Gasteiger partial charge in [0.25, 0.3) is 0 Å². The molecular formula is C22H32N4O7. The zero-order valence-corrected chi connectivity index (χ0v) is 19.2. The Morgan fingerprint density at radius 3 is 2.03 bits per heavy atom. The van der Waals surface area contributed by atoms with Gasteiger partial charge in [0, 0.05) is 13.3 Å². The van der Waals surface area contributed by atoms with Crippen LogP contribution in [-0.4, -0.2) is 73.1 Å². The van der Waals surface area contributed by atoms with Crippen LogP contribution in [0.15, 0.2) is 30.3 Å². The number of rotatable bonds is 12. The summed E-state index contributed by atoms with van der Waals surface area (Å²) in [5, 5.41) is 19.3. The van der Waals surface area contributed by atoms with Crippen molar-refractivity contribution in [1.82, 2.24) is 21.3 Å². The van der Waals surface area contributed by atoms with E-state index in [0.717, 1.165) is 5.56 Å². The Balaban J connectivity index is 3.03. The molecule has 3 atom stereocenters. The van der Waals surface area contributed by atoms with Crippen molar-refractivity contribution in [2.75, 3.05) is 20.3 Å². The summed E-state index contributed by atoms with van der Waals surface area (Å²) in [6.45, 7) is 3.62. The molecule has 1 rings (SSSR count). The van der Waals surface area contributed by atoms with Gasteiger partial charge in [0.15, 0.2) is 0 Å². The summed E-state index contributed by atoms with van der Waals surface area (Å²) < 4.78 is 4.49. The molecule has 0 aliphatic rings. The maximum absolute atomic E-state index is 13.1. The lowest BCUT2D eigenvalue weighted by atomic mass is 10.0. The summed E-state index contributed by atoms with van der Waals surface area (Å²) in [6.07, 6.45) is 0.102. The molecule has 0 unspecified atom stereocenters. The summed E-state index contributed by atoms with van der Waals surface area (Å²) in [6, 6.07) is 5.57. The van der Waals surface area contributed by atoms with Crippen molar-refractivity contribution in [3.05, 3.63) is 35.9 Å². The smallest absolute Gasteiger partial charge is 0.325 e. The van der Waals surface area contributed by atoms with E-state index in [0.29, 0.717) is 0 Å². The summed E-state index contributed by atoms with van der Waals surface area (Å²) in [4.78, 5) is 60.8. The molecule has 0 aliphatic heterocycles. The van der Waals surface area contributed by atoms with Crippen molar-refractivity contribution >= 4 is 29.6 Å². The van der Waals surface area contributed by atoms with Crippen LogP contribution in [0, 0.1) is 5.92 Å². The SMILES string of the molecule is COC(=O)CNC(=O)[C@@H](NC(=O)[C@H](Cc1ccccc1)NC(=O)[C@H](CO)NC(C)=O)C(C)C. The standard InChI is InChI=1S/C22H32N4O7/c1-13(2)19(22(32)23-11-18(29)33-4)26-20(30)16(10-15-8-6-5-7-9-15)25-21(31)17(12-27)24-14(3)28/h5-9,13,16-17,19,27H,10-12H2,1-4H3,(H,23,32)(H,24,28)(H,25,31)(H,26,30)/t16-,17-,19-/m0/s1. The maximum atomic E-state index is 13.1. The molecule has 0 aliphatic carbocycles. The number of nitrogens with one attached hydrogen (secondary N) is 4. The predicted octanol–water partition coefficient (Wildman–Crippen LogP) is -1.36. The first-order valence-corrected chi connectivity index (χ1v) is 10.5. The maximum Gasteiger partial charge on any atom is 0.325 e. The third-order valence-corrected chi connectivity index (χ3v) is 4.67. The van der Waals surface area contributed by atoms with E-state index in [-0.39, 0.29) is 18.9 Å². The van der Waals surface area contributed by atoms with Crippen LogP contribution in [-0.2, 0) is 35.1 Å². The first-order valence-electron chi connectivity index (χ1n) is 10.5.